The molecule has 5 aromatic rings. The lowest BCUT2D eigenvalue weighted by Gasteiger charge is -2.19. The Hall–Kier alpha value is -4.39. The van der Waals surface area contributed by atoms with Gasteiger partial charge in [0.05, 0.1) is 45.0 Å². The Morgan fingerprint density at radius 2 is 1.60 bits per heavy atom. The summed E-state index contributed by atoms with van der Waals surface area (Å²) in [6.45, 7) is -2.06. The molecular formula is C26H38N14O17P3+. The van der Waals surface area contributed by atoms with Gasteiger partial charge >= 0.3 is 28.8 Å². The monoisotopic (exact) mass is 911 g/mol. The second-order valence-electron chi connectivity index (χ2n) is 13.5. The summed E-state index contributed by atoms with van der Waals surface area (Å²) in [5.74, 6) is -0.483. The number of imidazole rings is 2. The number of hydrogen-bond acceptors (Lipinski definition) is 21. The number of aryl methyl sites for hydroxylation is 1. The lowest BCUT2D eigenvalue weighted by atomic mass is 10.1. The number of nitrogen functional groups attached to an aromatic ring is 2. The second kappa shape index (κ2) is 16.5. The third-order valence-corrected chi connectivity index (χ3v) is 13.3. The highest BCUT2D eigenvalue weighted by Gasteiger charge is 2.48. The van der Waals surface area contributed by atoms with Gasteiger partial charge in [-0.3, -0.25) is 47.0 Å². The molecule has 0 amide bonds. The number of ether oxygens (including phenoxy) is 2. The van der Waals surface area contributed by atoms with Crippen molar-refractivity contribution in [2.24, 2.45) is 7.05 Å². The number of H-pyrrole nitrogens is 2. The van der Waals surface area contributed by atoms with Gasteiger partial charge in [-0.25, -0.2) is 28.1 Å². The van der Waals surface area contributed by atoms with E-state index in [0.29, 0.717) is 0 Å². The van der Waals surface area contributed by atoms with Gasteiger partial charge in [0.25, 0.3) is 17.1 Å². The highest BCUT2D eigenvalue weighted by Crippen LogP contribution is 2.61. The van der Waals surface area contributed by atoms with Gasteiger partial charge in [-0.1, -0.05) is 10.2 Å². The van der Waals surface area contributed by atoms with Gasteiger partial charge in [0, 0.05) is 12.7 Å². The molecule has 2 fully saturated rings. The number of nitrogens with one attached hydrogen (secondary N) is 3. The van der Waals surface area contributed by atoms with Crippen LogP contribution in [0, 0.1) is 0 Å². The molecule has 2 aliphatic rings. The first-order valence-electron chi connectivity index (χ1n) is 17.3. The Kier molecular flexibility index (Phi) is 12.0. The van der Waals surface area contributed by atoms with Crippen LogP contribution in [0.25, 0.3) is 22.3 Å². The van der Waals surface area contributed by atoms with Crippen molar-refractivity contribution < 1.29 is 76.2 Å². The van der Waals surface area contributed by atoms with Crippen molar-refractivity contribution in [1.29, 1.82) is 0 Å². The largest absolute Gasteiger partial charge is 0.479 e. The number of nitrogens with zero attached hydrogens (tertiary/aromatic N) is 9. The maximum Gasteiger partial charge on any atom is 0.479 e. The van der Waals surface area contributed by atoms with E-state index in [1.165, 1.54) is 22.5 Å². The van der Waals surface area contributed by atoms with Crippen molar-refractivity contribution in [2.45, 2.75) is 61.8 Å². The number of hydrogen-bond donors (Lipinski definition) is 12. The number of nitrogens with two attached hydrogens (primary N) is 2. The minimum Gasteiger partial charge on any atom is -0.387 e. The van der Waals surface area contributed by atoms with E-state index >= 15 is 0 Å². The average Bonchev–Trinajstić information content (AvgIpc) is 3.95. The number of aliphatic hydroxyl groups excluding tert-OH is 4. The maximum absolute atomic E-state index is 12.8. The van der Waals surface area contributed by atoms with E-state index in [0.717, 1.165) is 21.8 Å². The van der Waals surface area contributed by atoms with Gasteiger partial charge in [0.15, 0.2) is 23.7 Å². The van der Waals surface area contributed by atoms with Crippen LogP contribution in [0.2, 0.25) is 0 Å². The van der Waals surface area contributed by atoms with Gasteiger partial charge in [-0.2, -0.15) is 4.98 Å². The molecular weight excluding hydrogens is 873 g/mol. The van der Waals surface area contributed by atoms with Crippen molar-refractivity contribution >= 4 is 57.4 Å². The summed E-state index contributed by atoms with van der Waals surface area (Å²) < 4.78 is 68.5. The topological polar surface area (TPSA) is 452 Å². The van der Waals surface area contributed by atoms with Crippen LogP contribution in [0.4, 0.5) is 11.9 Å². The molecule has 60 heavy (non-hydrogen) atoms. The van der Waals surface area contributed by atoms with Crippen molar-refractivity contribution in [2.75, 3.05) is 31.2 Å². The zero-order valence-corrected chi connectivity index (χ0v) is 33.3. The molecule has 0 radical (unpaired) electrons. The normalized spacial score (nSPS) is 27.7. The molecule has 0 saturated carbocycles. The number of phosphoric ester groups is 1. The summed E-state index contributed by atoms with van der Waals surface area (Å²) in [4.78, 5) is 71.8. The lowest BCUT2D eigenvalue weighted by Crippen LogP contribution is -2.46. The predicted molar refractivity (Wildman–Crippen MR) is 195 cm³/mol. The molecule has 2 aliphatic heterocycles. The second-order valence-corrected chi connectivity index (χ2v) is 18.5. The van der Waals surface area contributed by atoms with E-state index < -0.39 is 103 Å². The highest BCUT2D eigenvalue weighted by molar-refractivity contribution is 7.63. The summed E-state index contributed by atoms with van der Waals surface area (Å²) in [6.07, 6.45) is -9.43. The number of anilines is 2. The van der Waals surface area contributed by atoms with E-state index in [-0.39, 0.29) is 53.0 Å². The molecule has 2 saturated heterocycles. The fraction of sp³-hybridized carbons (Fsp3) is 0.538. The smallest absolute Gasteiger partial charge is 0.387 e. The number of aromatic amines is 2. The average molecular weight is 912 g/mol. The maximum atomic E-state index is 12.8. The van der Waals surface area contributed by atoms with Crippen LogP contribution in [0.1, 0.15) is 18.1 Å². The molecule has 14 N–H and O–H groups in total. The third-order valence-electron chi connectivity index (χ3n) is 9.11. The van der Waals surface area contributed by atoms with Crippen molar-refractivity contribution in [3.05, 3.63) is 45.3 Å². The molecule has 11 atom stereocenters. The van der Waals surface area contributed by atoms with E-state index in [1.54, 1.807) is 0 Å². The van der Waals surface area contributed by atoms with E-state index in [2.05, 4.69) is 44.6 Å². The number of phosphoric acid groups is 1. The van der Waals surface area contributed by atoms with Crippen LogP contribution in [0.5, 0.6) is 0 Å². The first kappa shape index (κ1) is 43.7. The fourth-order valence-electron chi connectivity index (χ4n) is 6.41. The quantitative estimate of drug-likeness (QED) is 0.0325. The van der Waals surface area contributed by atoms with Crippen LogP contribution in [-0.2, 0) is 56.3 Å². The molecule has 0 spiro atoms. The van der Waals surface area contributed by atoms with Gasteiger partial charge in [0.1, 0.15) is 36.6 Å². The van der Waals surface area contributed by atoms with Crippen molar-refractivity contribution in [3.8, 4) is 0 Å². The van der Waals surface area contributed by atoms with Crippen LogP contribution < -0.4 is 32.2 Å². The summed E-state index contributed by atoms with van der Waals surface area (Å²) in [5, 5.41) is 52.0. The van der Waals surface area contributed by atoms with Gasteiger partial charge in [-0.15, -0.1) is 5.10 Å². The van der Waals surface area contributed by atoms with Crippen molar-refractivity contribution in [3.63, 3.8) is 0 Å². The molecule has 0 aromatic carbocycles. The Balaban J connectivity index is 0.867. The molecule has 34 heteroatoms. The lowest BCUT2D eigenvalue weighted by molar-refractivity contribution is -0.745. The van der Waals surface area contributed by atoms with Crippen LogP contribution in [-0.4, -0.2) is 141 Å². The van der Waals surface area contributed by atoms with Gasteiger partial charge in [-0.05, 0) is 0 Å². The predicted octanol–water partition coefficient (Wildman–Crippen LogP) is -5.10. The van der Waals surface area contributed by atoms with E-state index in [4.69, 9.17) is 30.0 Å². The zero-order chi connectivity index (χ0) is 43.5. The van der Waals surface area contributed by atoms with Gasteiger partial charge < -0.3 is 56.0 Å². The number of rotatable bonds is 16. The van der Waals surface area contributed by atoms with Gasteiger partial charge in [0.2, 0.25) is 17.7 Å². The van der Waals surface area contributed by atoms with E-state index in [9.17, 15) is 58.4 Å². The fourth-order valence-corrected chi connectivity index (χ4v) is 9.83. The number of aromatic nitrogens is 11. The Morgan fingerprint density at radius 1 is 0.933 bits per heavy atom. The third kappa shape index (κ3) is 9.11. The number of aliphatic hydroxyl groups is 4. The zero-order valence-electron chi connectivity index (χ0n) is 30.6. The summed E-state index contributed by atoms with van der Waals surface area (Å²) in [6, 6.07) is 0. The Morgan fingerprint density at radius 3 is 2.35 bits per heavy atom. The molecule has 328 valence electrons. The number of fused-ring (bicyclic) bond motifs is 2. The van der Waals surface area contributed by atoms with Crippen LogP contribution >= 0.6 is 23.2 Å². The first-order chi connectivity index (χ1) is 28.1. The summed E-state index contributed by atoms with van der Waals surface area (Å²) in [5.41, 5.74) is 9.65. The summed E-state index contributed by atoms with van der Waals surface area (Å²) in [7, 11) is -13.4. The molecule has 5 aromatic heterocycles. The minimum atomic E-state index is -5.34. The van der Waals surface area contributed by atoms with Crippen LogP contribution in [0.3, 0.4) is 0 Å². The molecule has 31 nitrogen and oxygen atoms in total. The van der Waals surface area contributed by atoms with Crippen LogP contribution in [0.15, 0.2) is 28.4 Å². The molecule has 7 rings (SSSR count). The molecule has 7 heterocycles. The minimum absolute atomic E-state index is 0.0380. The molecule has 5 unspecified atom stereocenters. The van der Waals surface area contributed by atoms with Crippen molar-refractivity contribution in [1.82, 2.24) is 54.1 Å². The first-order valence-corrected chi connectivity index (χ1v) is 22.1. The summed E-state index contributed by atoms with van der Waals surface area (Å²) >= 11 is 0. The standard InChI is InChI=1S/C26H37N14O17P3/c1-37-9-40(20-14(37)22(46)34-26(28)32-20)24-18(44)15(41)11(56-24)5-53-59(49,50)30-2-3-38-4-10(35-36-38)7-58(47,48)57-60(51,52)54-6-12-16(42)17(43)23(55-12)39-8-29-13-19(39)31-25(27)33-21(13)45/h4,8-9,11-12,15-18,23-24,41-44H,2-3,5-7H2,1H3,(H9-,27,28,30,31,32,33,34,45,46,47,48,49,50,51,52)/p+1/t11-,12-,15?,16?,17+,18+,23-,24-/m1/s1. The Bertz CT molecular complexity index is 2670. The highest BCUT2D eigenvalue weighted by atomic mass is 31.3. The van der Waals surface area contributed by atoms with E-state index in [1.807, 2.05) is 0 Å². The Labute approximate surface area is 332 Å². The molecule has 0 aliphatic carbocycles. The SMILES string of the molecule is Cn1c[n+]([C@@H]2O[C@H](COP(=O)(O)NCCn3cc(CP(=O)(O)OP(=O)(O)OC[C@H]4O[C@@H](n5cnc6c(=O)[nH]c(N)nc65)[C@@H](O)C4O)nn3)C(O)[C@@H]2O)c2nc(N)[nH]c(=O)c21. The molecule has 0 bridgehead atoms.